The Morgan fingerprint density at radius 1 is 1.26 bits per heavy atom. The molecule has 0 fully saturated rings. The number of hydrogen-bond acceptors (Lipinski definition) is 3. The highest BCUT2D eigenvalue weighted by Gasteiger charge is 2.15. The van der Waals surface area contributed by atoms with Gasteiger partial charge in [-0.3, -0.25) is 4.99 Å². The molecule has 0 saturated heterocycles. The molecule has 0 amide bonds. The second kappa shape index (κ2) is 9.81. The van der Waals surface area contributed by atoms with Crippen LogP contribution in [0, 0.1) is 0 Å². The highest BCUT2D eigenvalue weighted by molar-refractivity contribution is 14.0. The molecule has 0 atom stereocenters. The first-order valence-electron chi connectivity index (χ1n) is 8.52. The van der Waals surface area contributed by atoms with Gasteiger partial charge in [-0.1, -0.05) is 0 Å². The van der Waals surface area contributed by atoms with Crippen molar-refractivity contribution in [1.82, 2.24) is 15.6 Å². The van der Waals surface area contributed by atoms with Crippen molar-refractivity contribution in [3.8, 4) is 0 Å². The first kappa shape index (κ1) is 20.7. The van der Waals surface area contributed by atoms with Crippen LogP contribution < -0.4 is 10.6 Å². The van der Waals surface area contributed by atoms with E-state index < -0.39 is 0 Å². The zero-order valence-electron chi connectivity index (χ0n) is 14.9. The summed E-state index contributed by atoms with van der Waals surface area (Å²) < 4.78 is 0. The number of nitrogens with one attached hydrogen (secondary N) is 2. The average molecular weight is 450 g/mol. The lowest BCUT2D eigenvalue weighted by atomic mass is 10.0. The maximum atomic E-state index is 4.80. The third-order valence-electron chi connectivity index (χ3n) is 3.55. The first-order valence-corrected chi connectivity index (χ1v) is 9.33. The second-order valence-electron chi connectivity index (χ2n) is 6.92. The molecule has 1 aliphatic carbocycles. The molecule has 0 radical (unpaired) electrons. The summed E-state index contributed by atoms with van der Waals surface area (Å²) in [7, 11) is 0. The van der Waals surface area contributed by atoms with Gasteiger partial charge in [0, 0.05) is 29.9 Å². The van der Waals surface area contributed by atoms with Gasteiger partial charge < -0.3 is 10.6 Å². The summed E-state index contributed by atoms with van der Waals surface area (Å²) in [5.41, 5.74) is 1.41. The van der Waals surface area contributed by atoms with Crippen molar-refractivity contribution in [2.24, 2.45) is 4.99 Å². The highest BCUT2D eigenvalue weighted by atomic mass is 127. The van der Waals surface area contributed by atoms with Crippen LogP contribution in [-0.4, -0.2) is 29.6 Å². The van der Waals surface area contributed by atoms with Crippen molar-refractivity contribution in [1.29, 1.82) is 0 Å². The molecule has 6 heteroatoms. The summed E-state index contributed by atoms with van der Waals surface area (Å²) >= 11 is 1.92. The van der Waals surface area contributed by atoms with Crippen molar-refractivity contribution >= 4 is 41.3 Å². The second-order valence-corrected chi connectivity index (χ2v) is 8.09. The number of rotatable bonds is 5. The van der Waals surface area contributed by atoms with E-state index in [1.807, 2.05) is 11.3 Å². The molecule has 0 aromatic carbocycles. The molecule has 0 bridgehead atoms. The van der Waals surface area contributed by atoms with Crippen molar-refractivity contribution in [2.75, 3.05) is 13.1 Å². The van der Waals surface area contributed by atoms with Crippen LogP contribution in [0.4, 0.5) is 0 Å². The summed E-state index contributed by atoms with van der Waals surface area (Å²) in [5, 5.41) is 8.03. The number of thiazole rings is 1. The van der Waals surface area contributed by atoms with Crippen LogP contribution in [0.1, 0.15) is 62.5 Å². The third kappa shape index (κ3) is 7.37. The van der Waals surface area contributed by atoms with E-state index in [9.17, 15) is 0 Å². The predicted molar refractivity (Wildman–Crippen MR) is 111 cm³/mol. The van der Waals surface area contributed by atoms with Gasteiger partial charge in [0.05, 0.1) is 10.7 Å². The summed E-state index contributed by atoms with van der Waals surface area (Å²) in [4.78, 5) is 11.0. The van der Waals surface area contributed by atoms with Gasteiger partial charge >= 0.3 is 0 Å². The highest BCUT2D eigenvalue weighted by Crippen LogP contribution is 2.27. The van der Waals surface area contributed by atoms with Crippen LogP contribution >= 0.6 is 35.3 Å². The number of guanidine groups is 1. The lowest BCUT2D eigenvalue weighted by Gasteiger charge is -2.23. The van der Waals surface area contributed by atoms with Crippen LogP contribution in [0.25, 0.3) is 0 Å². The first-order chi connectivity index (χ1) is 10.5. The molecule has 1 aromatic heterocycles. The van der Waals surface area contributed by atoms with Crippen molar-refractivity contribution < 1.29 is 0 Å². The van der Waals surface area contributed by atoms with Gasteiger partial charge in [0.1, 0.15) is 0 Å². The summed E-state index contributed by atoms with van der Waals surface area (Å²) in [6, 6.07) is 0. The standard InChI is InChI=1S/C17H30N4S.HI/c1-5-18-16(21-17(2,3)4)19-12-8-11-15-20-13-9-6-7-10-14(13)22-15;/h5-12H2,1-4H3,(H2,18,19,21);1H. The van der Waals surface area contributed by atoms with Gasteiger partial charge in [-0.15, -0.1) is 35.3 Å². The molecule has 132 valence electrons. The smallest absolute Gasteiger partial charge is 0.191 e. The Bertz CT molecular complexity index is 482. The fraction of sp³-hybridized carbons (Fsp3) is 0.765. The van der Waals surface area contributed by atoms with Gasteiger partial charge in [0.15, 0.2) is 5.96 Å². The summed E-state index contributed by atoms with van der Waals surface area (Å²) in [5.74, 6) is 0.911. The fourth-order valence-corrected chi connectivity index (χ4v) is 3.79. The molecule has 2 rings (SSSR count). The molecule has 23 heavy (non-hydrogen) atoms. The number of aryl methyl sites for hydroxylation is 3. The van der Waals surface area contributed by atoms with Gasteiger partial charge in [-0.05, 0) is 59.8 Å². The van der Waals surface area contributed by atoms with Crippen LogP contribution in [-0.2, 0) is 19.3 Å². The number of aliphatic imine (C=N–C) groups is 1. The number of aromatic nitrogens is 1. The summed E-state index contributed by atoms with van der Waals surface area (Å²) in [6.45, 7) is 10.3. The van der Waals surface area contributed by atoms with E-state index in [1.165, 1.54) is 41.3 Å². The summed E-state index contributed by atoms with van der Waals surface area (Å²) in [6.07, 6.45) is 7.19. The van der Waals surface area contributed by atoms with Crippen molar-refractivity contribution in [3.63, 3.8) is 0 Å². The molecular formula is C17H31IN4S. The maximum Gasteiger partial charge on any atom is 0.191 e. The van der Waals surface area contributed by atoms with E-state index >= 15 is 0 Å². The number of hydrogen-bond donors (Lipinski definition) is 2. The van der Waals surface area contributed by atoms with Crippen LogP contribution in [0.2, 0.25) is 0 Å². The Kier molecular flexibility index (Phi) is 8.82. The molecule has 0 unspecified atom stereocenters. The zero-order valence-corrected chi connectivity index (χ0v) is 18.0. The molecule has 1 aromatic rings. The predicted octanol–water partition coefficient (Wildman–Crippen LogP) is 3.93. The molecular weight excluding hydrogens is 419 g/mol. The molecule has 1 aliphatic rings. The zero-order chi connectivity index (χ0) is 16.0. The molecule has 1 heterocycles. The number of nitrogens with zero attached hydrogens (tertiary/aromatic N) is 2. The van der Waals surface area contributed by atoms with E-state index in [2.05, 4.69) is 43.3 Å². The SMILES string of the molecule is CCNC(=NCCCc1nc2c(s1)CCCC2)NC(C)(C)C.I. The molecule has 4 nitrogen and oxygen atoms in total. The van der Waals surface area contributed by atoms with Crippen LogP contribution in [0.5, 0.6) is 0 Å². The van der Waals surface area contributed by atoms with E-state index in [-0.39, 0.29) is 29.5 Å². The van der Waals surface area contributed by atoms with E-state index in [0.29, 0.717) is 0 Å². The van der Waals surface area contributed by atoms with Gasteiger partial charge in [-0.25, -0.2) is 4.98 Å². The van der Waals surface area contributed by atoms with E-state index in [0.717, 1.165) is 31.9 Å². The maximum absolute atomic E-state index is 4.80. The van der Waals surface area contributed by atoms with Gasteiger partial charge in [0.2, 0.25) is 0 Å². The molecule has 0 saturated carbocycles. The Morgan fingerprint density at radius 2 is 2.00 bits per heavy atom. The van der Waals surface area contributed by atoms with Gasteiger partial charge in [0.25, 0.3) is 0 Å². The van der Waals surface area contributed by atoms with Crippen molar-refractivity contribution in [3.05, 3.63) is 15.6 Å². The van der Waals surface area contributed by atoms with Crippen LogP contribution in [0.15, 0.2) is 4.99 Å². The minimum Gasteiger partial charge on any atom is -0.357 e. The topological polar surface area (TPSA) is 49.3 Å². The normalized spacial score (nSPS) is 14.9. The van der Waals surface area contributed by atoms with E-state index in [1.54, 1.807) is 0 Å². The molecule has 2 N–H and O–H groups in total. The number of fused-ring (bicyclic) bond motifs is 1. The lowest BCUT2D eigenvalue weighted by molar-refractivity contribution is 0.501. The average Bonchev–Trinajstić information content (AvgIpc) is 2.84. The minimum absolute atomic E-state index is 0. The fourth-order valence-electron chi connectivity index (χ4n) is 2.60. The van der Waals surface area contributed by atoms with E-state index in [4.69, 9.17) is 4.98 Å². The quantitative estimate of drug-likeness (QED) is 0.309. The Labute approximate surface area is 162 Å². The third-order valence-corrected chi connectivity index (χ3v) is 4.76. The van der Waals surface area contributed by atoms with Crippen LogP contribution in [0.3, 0.4) is 0 Å². The monoisotopic (exact) mass is 450 g/mol. The van der Waals surface area contributed by atoms with Crippen molar-refractivity contribution in [2.45, 2.75) is 71.8 Å². The molecule has 0 aliphatic heterocycles. The number of halogens is 1. The lowest BCUT2D eigenvalue weighted by Crippen LogP contribution is -2.47. The van der Waals surface area contributed by atoms with Gasteiger partial charge in [-0.2, -0.15) is 0 Å². The Morgan fingerprint density at radius 3 is 2.65 bits per heavy atom. The minimum atomic E-state index is 0. The Balaban J connectivity index is 0.00000264. The largest absolute Gasteiger partial charge is 0.357 e. The molecule has 0 spiro atoms. The Hall–Kier alpha value is -0.370.